The predicted octanol–water partition coefficient (Wildman–Crippen LogP) is 5.94. The van der Waals surface area contributed by atoms with E-state index in [1.54, 1.807) is 42.1 Å². The largest absolute Gasteiger partial charge is 0.497 e. The Morgan fingerprint density at radius 1 is 0.659 bits per heavy atom. The summed E-state index contributed by atoms with van der Waals surface area (Å²) in [6.45, 7) is 0.583. The minimum atomic E-state index is -0.260. The minimum Gasteiger partial charge on any atom is -0.497 e. The Morgan fingerprint density at radius 3 is 1.98 bits per heavy atom. The molecule has 0 fully saturated rings. The molecule has 0 amide bonds. The van der Waals surface area contributed by atoms with Crippen molar-refractivity contribution in [3.63, 3.8) is 0 Å². The van der Waals surface area contributed by atoms with Crippen molar-refractivity contribution in [3.05, 3.63) is 102 Å². The Labute approximate surface area is 255 Å². The molecule has 10 heteroatoms. The van der Waals surface area contributed by atoms with Crippen LogP contribution in [0.5, 0.6) is 23.0 Å². The Hall–Kier alpha value is -5.51. The van der Waals surface area contributed by atoms with Crippen LogP contribution in [-0.2, 0) is 6.54 Å². The summed E-state index contributed by atoms with van der Waals surface area (Å²) >= 11 is 0. The van der Waals surface area contributed by atoms with Gasteiger partial charge in [-0.2, -0.15) is 0 Å². The zero-order valence-corrected chi connectivity index (χ0v) is 24.9. The fraction of sp³-hybridized carbons (Fsp3) is 0.206. The third-order valence-corrected chi connectivity index (χ3v) is 7.12. The van der Waals surface area contributed by atoms with Crippen LogP contribution in [0, 0.1) is 0 Å². The molecule has 3 aromatic carbocycles. The van der Waals surface area contributed by atoms with Crippen molar-refractivity contribution in [2.75, 3.05) is 28.4 Å². The Balaban J connectivity index is 1.27. The van der Waals surface area contributed by atoms with Gasteiger partial charge in [-0.05, 0) is 35.9 Å². The van der Waals surface area contributed by atoms with Crippen molar-refractivity contribution in [2.45, 2.75) is 19.4 Å². The maximum Gasteiger partial charge on any atom is 0.181 e. The highest BCUT2D eigenvalue weighted by Gasteiger charge is 2.17. The third kappa shape index (κ3) is 6.92. The second-order valence-electron chi connectivity index (χ2n) is 9.92. The monoisotopic (exact) mass is 592 g/mol. The molecule has 0 spiro atoms. The van der Waals surface area contributed by atoms with E-state index in [-0.39, 0.29) is 30.1 Å². The number of hydrogen-bond acceptors (Lipinski definition) is 9. The highest BCUT2D eigenvalue weighted by atomic mass is 16.5. The molecule has 0 saturated carbocycles. The van der Waals surface area contributed by atoms with E-state index in [4.69, 9.17) is 18.9 Å². The van der Waals surface area contributed by atoms with Crippen LogP contribution in [0.4, 0.5) is 0 Å². The predicted molar refractivity (Wildman–Crippen MR) is 165 cm³/mol. The Kier molecular flexibility index (Phi) is 9.29. The lowest BCUT2D eigenvalue weighted by Gasteiger charge is -2.10. The number of aromatic nitrogens is 4. The number of ketones is 2. The number of benzene rings is 3. The molecule has 44 heavy (non-hydrogen) atoms. The standard InChI is InChI=1S/C34H32N4O6/c1-41-26-12-5-22(6-13-26)20-38-21-30(36-37-38)24-9-7-23(8-10-24)28-18-27(42-2)19-29(35-28)32(40)15-14-31(39)25-11-16-33(43-3)34(17-25)44-4/h5-13,16-19,21H,14-15,20H2,1-4H3. The van der Waals surface area contributed by atoms with E-state index in [9.17, 15) is 9.59 Å². The summed E-state index contributed by atoms with van der Waals surface area (Å²) < 4.78 is 23.0. The van der Waals surface area contributed by atoms with Crippen molar-refractivity contribution in [2.24, 2.45) is 0 Å². The van der Waals surface area contributed by atoms with Crippen LogP contribution in [0.2, 0.25) is 0 Å². The van der Waals surface area contributed by atoms with Gasteiger partial charge in [-0.15, -0.1) is 5.10 Å². The van der Waals surface area contributed by atoms with Crippen LogP contribution >= 0.6 is 0 Å². The first-order valence-corrected chi connectivity index (χ1v) is 13.9. The number of ether oxygens (including phenoxy) is 4. The molecule has 0 saturated heterocycles. The molecule has 0 N–H and O–H groups in total. The molecule has 0 radical (unpaired) electrons. The van der Waals surface area contributed by atoms with E-state index < -0.39 is 0 Å². The first-order chi connectivity index (χ1) is 21.4. The Morgan fingerprint density at radius 2 is 1.32 bits per heavy atom. The number of hydrogen-bond donors (Lipinski definition) is 0. The summed E-state index contributed by atoms with van der Waals surface area (Å²) in [5, 5.41) is 8.59. The normalized spacial score (nSPS) is 10.7. The van der Waals surface area contributed by atoms with E-state index in [1.807, 2.05) is 54.7 Å². The summed E-state index contributed by atoms with van der Waals surface area (Å²) in [4.78, 5) is 30.5. The highest BCUT2D eigenvalue weighted by molar-refractivity contribution is 6.02. The minimum absolute atomic E-state index is 0.00208. The highest BCUT2D eigenvalue weighted by Crippen LogP contribution is 2.29. The third-order valence-electron chi connectivity index (χ3n) is 7.12. The van der Waals surface area contributed by atoms with Crippen LogP contribution in [0.1, 0.15) is 39.3 Å². The number of carbonyl (C=O) groups excluding carboxylic acids is 2. The van der Waals surface area contributed by atoms with Crippen molar-refractivity contribution in [3.8, 4) is 45.5 Å². The molecule has 0 aliphatic carbocycles. The fourth-order valence-corrected chi connectivity index (χ4v) is 4.66. The van der Waals surface area contributed by atoms with Crippen molar-refractivity contribution < 1.29 is 28.5 Å². The van der Waals surface area contributed by atoms with Gasteiger partial charge in [-0.1, -0.05) is 41.6 Å². The van der Waals surface area contributed by atoms with Crippen molar-refractivity contribution >= 4 is 11.6 Å². The fourth-order valence-electron chi connectivity index (χ4n) is 4.66. The van der Waals surface area contributed by atoms with Crippen LogP contribution in [0.15, 0.2) is 85.1 Å². The van der Waals surface area contributed by atoms with Gasteiger partial charge in [0.25, 0.3) is 0 Å². The van der Waals surface area contributed by atoms with Gasteiger partial charge in [0.1, 0.15) is 22.9 Å². The smallest absolute Gasteiger partial charge is 0.181 e. The maximum absolute atomic E-state index is 13.1. The average molecular weight is 593 g/mol. The number of rotatable bonds is 13. The zero-order valence-electron chi connectivity index (χ0n) is 24.9. The molecule has 0 bridgehead atoms. The van der Waals surface area contributed by atoms with E-state index in [0.29, 0.717) is 35.1 Å². The van der Waals surface area contributed by atoms with Gasteiger partial charge < -0.3 is 18.9 Å². The van der Waals surface area contributed by atoms with Crippen LogP contribution in [0.25, 0.3) is 22.5 Å². The summed E-state index contributed by atoms with van der Waals surface area (Å²) in [5.41, 5.74) is 4.75. The quantitative estimate of drug-likeness (QED) is 0.153. The summed E-state index contributed by atoms with van der Waals surface area (Å²) in [6.07, 6.45) is 1.91. The molecular weight excluding hydrogens is 560 g/mol. The molecular formula is C34H32N4O6. The lowest BCUT2D eigenvalue weighted by molar-refractivity contribution is 0.0914. The van der Waals surface area contributed by atoms with Crippen molar-refractivity contribution in [1.82, 2.24) is 20.0 Å². The first kappa shape index (κ1) is 30.0. The van der Waals surface area contributed by atoms with Crippen LogP contribution in [-0.4, -0.2) is 60.0 Å². The number of methoxy groups -OCH3 is 4. The molecule has 5 rings (SSSR count). The zero-order chi connectivity index (χ0) is 31.1. The van der Waals surface area contributed by atoms with Gasteiger partial charge >= 0.3 is 0 Å². The molecule has 0 aliphatic rings. The SMILES string of the molecule is COc1ccc(Cn2cc(-c3ccc(-c4cc(OC)cc(C(=O)CCC(=O)c5ccc(OC)c(OC)c5)n4)cc3)nn2)cc1. The number of carbonyl (C=O) groups is 2. The van der Waals surface area contributed by atoms with E-state index >= 15 is 0 Å². The average Bonchev–Trinajstić information content (AvgIpc) is 3.55. The molecule has 0 atom stereocenters. The number of Topliss-reactive ketones (excluding diaryl/α,β-unsaturated/α-hetero) is 2. The van der Waals surface area contributed by atoms with Crippen LogP contribution in [0.3, 0.4) is 0 Å². The molecule has 10 nitrogen and oxygen atoms in total. The number of pyridine rings is 1. The van der Waals surface area contributed by atoms with Gasteiger partial charge in [0.2, 0.25) is 0 Å². The lowest BCUT2D eigenvalue weighted by atomic mass is 10.0. The summed E-state index contributed by atoms with van der Waals surface area (Å²) in [5.74, 6) is 1.83. The summed E-state index contributed by atoms with van der Waals surface area (Å²) in [7, 11) is 6.21. The van der Waals surface area contributed by atoms with E-state index in [0.717, 1.165) is 28.1 Å². The lowest BCUT2D eigenvalue weighted by Crippen LogP contribution is -2.08. The van der Waals surface area contributed by atoms with E-state index in [2.05, 4.69) is 15.3 Å². The summed E-state index contributed by atoms with van der Waals surface area (Å²) in [6, 6.07) is 23.8. The number of nitrogens with zero attached hydrogens (tertiary/aromatic N) is 4. The second kappa shape index (κ2) is 13.6. The van der Waals surface area contributed by atoms with Gasteiger partial charge in [0.15, 0.2) is 23.1 Å². The topological polar surface area (TPSA) is 115 Å². The molecule has 0 unspecified atom stereocenters. The van der Waals surface area contributed by atoms with E-state index in [1.165, 1.54) is 21.3 Å². The molecule has 2 aromatic heterocycles. The van der Waals surface area contributed by atoms with Crippen LogP contribution < -0.4 is 18.9 Å². The molecule has 224 valence electrons. The Bertz CT molecular complexity index is 1760. The van der Waals surface area contributed by atoms with Gasteiger partial charge in [-0.3, -0.25) is 9.59 Å². The van der Waals surface area contributed by atoms with Gasteiger partial charge in [0, 0.05) is 41.7 Å². The first-order valence-electron chi connectivity index (χ1n) is 13.9. The second-order valence-corrected chi connectivity index (χ2v) is 9.92. The maximum atomic E-state index is 13.1. The van der Waals surface area contributed by atoms with Gasteiger partial charge in [-0.25, -0.2) is 9.67 Å². The molecule has 0 aliphatic heterocycles. The molecule has 5 aromatic rings. The molecule has 2 heterocycles. The van der Waals surface area contributed by atoms with Gasteiger partial charge in [0.05, 0.1) is 46.9 Å². The van der Waals surface area contributed by atoms with Crippen molar-refractivity contribution in [1.29, 1.82) is 0 Å².